The molecule has 1 heterocycles. The van der Waals surface area contributed by atoms with Crippen LogP contribution in [0.3, 0.4) is 0 Å². The number of benzene rings is 1. The Kier molecular flexibility index (Phi) is 8.58. The zero-order valence-corrected chi connectivity index (χ0v) is 19.0. The summed E-state index contributed by atoms with van der Waals surface area (Å²) in [6, 6.07) is 5.70. The normalized spacial score (nSPS) is 22.9. The average molecular weight is 460 g/mol. The number of esters is 1. The summed E-state index contributed by atoms with van der Waals surface area (Å²) in [4.78, 5) is 23.9. The first-order valence-electron chi connectivity index (χ1n) is 9.73. The van der Waals surface area contributed by atoms with Gasteiger partial charge in [-0.2, -0.15) is 5.09 Å². The first kappa shape index (κ1) is 25.3. The van der Waals surface area contributed by atoms with Crippen LogP contribution in [0.5, 0.6) is 5.75 Å². The lowest BCUT2D eigenvalue weighted by Gasteiger charge is -2.24. The van der Waals surface area contributed by atoms with Gasteiger partial charge in [-0.05, 0) is 46.8 Å². The zero-order valence-electron chi connectivity index (χ0n) is 18.1. The molecule has 1 amide bonds. The number of carbonyl (C=O) groups is 2. The van der Waals surface area contributed by atoms with E-state index < -0.39 is 50.3 Å². The van der Waals surface area contributed by atoms with E-state index in [2.05, 4.69) is 5.09 Å². The number of hydrogen-bond acceptors (Lipinski definition) is 9. The Morgan fingerprint density at radius 3 is 2.48 bits per heavy atom. The molecular formula is C19H29N2O9P. The highest BCUT2D eigenvalue weighted by Crippen LogP contribution is 2.46. The Hall–Kier alpha value is -2.01. The Balaban J connectivity index is 2.19. The lowest BCUT2D eigenvalue weighted by atomic mass is 10.2. The summed E-state index contributed by atoms with van der Waals surface area (Å²) < 4.78 is 40.5. The van der Waals surface area contributed by atoms with Gasteiger partial charge in [0.1, 0.15) is 17.9 Å². The quantitative estimate of drug-likeness (QED) is 0.206. The molecule has 31 heavy (non-hydrogen) atoms. The van der Waals surface area contributed by atoms with Gasteiger partial charge in [-0.15, -0.1) is 0 Å². The minimum Gasteiger partial charge on any atom is -0.465 e. The Morgan fingerprint density at radius 2 is 1.90 bits per heavy atom. The fourth-order valence-corrected chi connectivity index (χ4v) is 4.30. The van der Waals surface area contributed by atoms with Crippen LogP contribution in [0.25, 0.3) is 0 Å². The summed E-state index contributed by atoms with van der Waals surface area (Å²) in [6.45, 7) is 7.89. The number of rotatable bonds is 10. The second-order valence-corrected chi connectivity index (χ2v) is 9.06. The van der Waals surface area contributed by atoms with Crippen LogP contribution in [0.4, 0.5) is 0 Å². The van der Waals surface area contributed by atoms with Gasteiger partial charge in [-0.25, -0.2) is 10.0 Å². The van der Waals surface area contributed by atoms with E-state index in [1.807, 2.05) is 6.92 Å². The van der Waals surface area contributed by atoms with Crippen molar-refractivity contribution < 1.29 is 42.6 Å². The van der Waals surface area contributed by atoms with Crippen molar-refractivity contribution in [2.24, 2.45) is 0 Å². The number of aryl methyl sites for hydroxylation is 1. The number of amides is 1. The highest BCUT2D eigenvalue weighted by atomic mass is 31.2. The van der Waals surface area contributed by atoms with E-state index in [0.29, 0.717) is 0 Å². The van der Waals surface area contributed by atoms with Crippen LogP contribution in [0.1, 0.15) is 33.3 Å². The van der Waals surface area contributed by atoms with Crippen LogP contribution in [0.2, 0.25) is 0 Å². The average Bonchev–Trinajstić information content (AvgIpc) is 3.02. The van der Waals surface area contributed by atoms with Gasteiger partial charge in [-0.1, -0.05) is 17.7 Å². The number of ether oxygens (including phenoxy) is 3. The molecule has 0 radical (unpaired) electrons. The van der Waals surface area contributed by atoms with Gasteiger partial charge in [0.2, 0.25) is 0 Å². The first-order valence-corrected chi connectivity index (χ1v) is 11.3. The van der Waals surface area contributed by atoms with Gasteiger partial charge in [0.05, 0.1) is 13.2 Å². The second kappa shape index (κ2) is 10.5. The number of hydrogen-bond donors (Lipinski definition) is 3. The number of nitrogens with one attached hydrogen (secondary N) is 2. The lowest BCUT2D eigenvalue weighted by Crippen LogP contribution is -2.42. The molecule has 0 aliphatic carbocycles. The lowest BCUT2D eigenvalue weighted by molar-refractivity contribution is -0.160. The van der Waals surface area contributed by atoms with E-state index in [9.17, 15) is 14.2 Å². The van der Waals surface area contributed by atoms with Crippen molar-refractivity contribution in [3.05, 3.63) is 29.8 Å². The Bertz CT molecular complexity index is 815. The van der Waals surface area contributed by atoms with Gasteiger partial charge < -0.3 is 18.7 Å². The standard InChI is InChI=1S/C19H29N2O9P/c1-6-26-18(23)13(3)21-31(25,30-14-9-7-12(2)8-10-14)27-11-15-16(17(22)20-24)29-19(4,5)28-15/h7-10,13,15-16,24H,6,11H2,1-5H3,(H,20,22)(H,21,25)/t13-,15+,16+,31?/m0/s1. The van der Waals surface area contributed by atoms with Gasteiger partial charge in [0, 0.05) is 0 Å². The van der Waals surface area contributed by atoms with E-state index in [0.717, 1.165) is 5.56 Å². The van der Waals surface area contributed by atoms with Crippen molar-refractivity contribution in [2.75, 3.05) is 13.2 Å². The van der Waals surface area contributed by atoms with Crippen LogP contribution < -0.4 is 15.1 Å². The van der Waals surface area contributed by atoms with Crippen molar-refractivity contribution in [3.8, 4) is 5.75 Å². The molecule has 1 aliphatic rings. The van der Waals surface area contributed by atoms with E-state index >= 15 is 0 Å². The Labute approximate surface area is 180 Å². The van der Waals surface area contributed by atoms with Crippen LogP contribution in [0.15, 0.2) is 24.3 Å². The van der Waals surface area contributed by atoms with Crippen LogP contribution in [-0.2, 0) is 32.9 Å². The molecule has 1 saturated heterocycles. The molecule has 0 aromatic heterocycles. The molecule has 2 rings (SSSR count). The fourth-order valence-electron chi connectivity index (χ4n) is 2.80. The third kappa shape index (κ3) is 7.27. The molecule has 1 aromatic carbocycles. The van der Waals surface area contributed by atoms with Gasteiger partial charge in [0.25, 0.3) is 5.91 Å². The smallest absolute Gasteiger partial charge is 0.459 e. The third-order valence-corrected chi connectivity index (χ3v) is 5.84. The van der Waals surface area contributed by atoms with E-state index in [-0.39, 0.29) is 12.4 Å². The highest BCUT2D eigenvalue weighted by Gasteiger charge is 2.46. The predicted molar refractivity (Wildman–Crippen MR) is 108 cm³/mol. The fraction of sp³-hybridized carbons (Fsp3) is 0.579. The molecule has 1 aromatic rings. The molecule has 1 unspecified atom stereocenters. The summed E-state index contributed by atoms with van der Waals surface area (Å²) >= 11 is 0. The summed E-state index contributed by atoms with van der Waals surface area (Å²) in [6.07, 6.45) is -2.22. The Morgan fingerprint density at radius 1 is 1.26 bits per heavy atom. The summed E-state index contributed by atoms with van der Waals surface area (Å²) in [5.41, 5.74) is 2.47. The predicted octanol–water partition coefficient (Wildman–Crippen LogP) is 2.07. The largest absolute Gasteiger partial charge is 0.465 e. The SMILES string of the molecule is CCOC(=O)[C@H](C)NP(=O)(OC[C@H]1OC(C)(C)O[C@H]1C(=O)NO)Oc1ccc(C)cc1. The molecular weight excluding hydrogens is 431 g/mol. The van der Waals surface area contributed by atoms with Crippen molar-refractivity contribution in [2.45, 2.75) is 58.7 Å². The second-order valence-electron chi connectivity index (χ2n) is 7.37. The molecule has 0 bridgehead atoms. The van der Waals surface area contributed by atoms with Crippen molar-refractivity contribution in [1.29, 1.82) is 0 Å². The summed E-state index contributed by atoms with van der Waals surface area (Å²) in [7, 11) is -4.13. The zero-order chi connectivity index (χ0) is 23.2. The topological polar surface area (TPSA) is 142 Å². The van der Waals surface area contributed by atoms with Crippen molar-refractivity contribution in [1.82, 2.24) is 10.6 Å². The van der Waals surface area contributed by atoms with Crippen LogP contribution in [-0.4, -0.2) is 54.3 Å². The molecule has 3 N–H and O–H groups in total. The van der Waals surface area contributed by atoms with Crippen LogP contribution >= 0.6 is 7.75 Å². The molecule has 1 aliphatic heterocycles. The molecule has 174 valence electrons. The maximum absolute atomic E-state index is 13.4. The van der Waals surface area contributed by atoms with Crippen LogP contribution in [0, 0.1) is 6.92 Å². The minimum absolute atomic E-state index is 0.148. The molecule has 11 nitrogen and oxygen atoms in total. The van der Waals surface area contributed by atoms with Gasteiger partial charge in [-0.3, -0.25) is 19.3 Å². The third-order valence-electron chi connectivity index (χ3n) is 4.20. The van der Waals surface area contributed by atoms with Gasteiger partial charge >= 0.3 is 13.7 Å². The molecule has 0 spiro atoms. The number of carbonyl (C=O) groups excluding carboxylic acids is 2. The monoisotopic (exact) mass is 460 g/mol. The van der Waals surface area contributed by atoms with E-state index in [1.165, 1.54) is 12.4 Å². The number of hydroxylamine groups is 1. The molecule has 12 heteroatoms. The molecule has 1 fully saturated rings. The van der Waals surface area contributed by atoms with E-state index in [4.69, 9.17) is 28.5 Å². The van der Waals surface area contributed by atoms with E-state index in [1.54, 1.807) is 45.0 Å². The summed E-state index contributed by atoms with van der Waals surface area (Å²) in [5, 5.41) is 11.5. The summed E-state index contributed by atoms with van der Waals surface area (Å²) in [5.74, 6) is -2.39. The van der Waals surface area contributed by atoms with Gasteiger partial charge in [0.15, 0.2) is 11.9 Å². The maximum atomic E-state index is 13.4. The van der Waals surface area contributed by atoms with Crippen molar-refractivity contribution >= 4 is 19.6 Å². The highest BCUT2D eigenvalue weighted by molar-refractivity contribution is 7.52. The van der Waals surface area contributed by atoms with Crippen molar-refractivity contribution in [3.63, 3.8) is 0 Å². The first-order chi connectivity index (χ1) is 14.5. The minimum atomic E-state index is -4.13. The molecule has 0 saturated carbocycles. The maximum Gasteiger partial charge on any atom is 0.459 e. The molecule has 4 atom stereocenters.